The van der Waals surface area contributed by atoms with Gasteiger partial charge in [0.2, 0.25) is 0 Å². The van der Waals surface area contributed by atoms with Gasteiger partial charge in [0.05, 0.1) is 6.54 Å². The number of hydrogen-bond donors (Lipinski definition) is 1. The molecule has 0 spiro atoms. The lowest BCUT2D eigenvalue weighted by Crippen LogP contribution is -2.27. The molecule has 0 aromatic carbocycles. The van der Waals surface area contributed by atoms with Gasteiger partial charge in [-0.1, -0.05) is 12.8 Å². The molecule has 1 rings (SSSR count). The topological polar surface area (TPSA) is 26.0 Å². The molecule has 0 unspecified atom stereocenters. The minimum absolute atomic E-state index is 0.0197. The molecule has 0 saturated heterocycles. The summed E-state index contributed by atoms with van der Waals surface area (Å²) in [6.45, 7) is -0.500. The molecule has 0 heterocycles. The molecule has 1 fully saturated rings. The molecule has 0 radical (unpaired) electrons. The third-order valence-corrected chi connectivity index (χ3v) is 1.91. The van der Waals surface area contributed by atoms with Gasteiger partial charge >= 0.3 is 0 Å². The van der Waals surface area contributed by atoms with E-state index in [0.717, 1.165) is 12.8 Å². The predicted molar refractivity (Wildman–Crippen MR) is 36.0 cm³/mol. The highest BCUT2D eigenvalue weighted by Crippen LogP contribution is 2.36. The summed E-state index contributed by atoms with van der Waals surface area (Å²) in [7, 11) is 0. The molecular weight excluding hydrogens is 136 g/mol. The van der Waals surface area contributed by atoms with Crippen molar-refractivity contribution >= 4 is 0 Å². The van der Waals surface area contributed by atoms with E-state index in [9.17, 15) is 8.78 Å². The number of hydrogen-bond acceptors (Lipinski definition) is 1. The molecule has 0 bridgehead atoms. The summed E-state index contributed by atoms with van der Waals surface area (Å²) in [6.07, 6.45) is 2.92. The lowest BCUT2D eigenvalue weighted by Gasteiger charge is -2.12. The Morgan fingerprint density at radius 2 is 2.00 bits per heavy atom. The van der Waals surface area contributed by atoms with Crippen molar-refractivity contribution in [3.8, 4) is 0 Å². The van der Waals surface area contributed by atoms with E-state index in [1.807, 2.05) is 0 Å². The largest absolute Gasteiger partial charge is 0.325 e. The summed E-state index contributed by atoms with van der Waals surface area (Å²) in [5, 5.41) is 0. The van der Waals surface area contributed by atoms with E-state index in [1.165, 1.54) is 0 Å². The van der Waals surface area contributed by atoms with Crippen LogP contribution in [-0.4, -0.2) is 12.5 Å². The van der Waals surface area contributed by atoms with Crippen molar-refractivity contribution in [1.82, 2.24) is 0 Å². The molecular formula is C7H13F2N. The molecule has 1 aliphatic rings. The Labute approximate surface area is 59.6 Å². The van der Waals surface area contributed by atoms with Gasteiger partial charge in [0.25, 0.3) is 5.92 Å². The van der Waals surface area contributed by atoms with Crippen LogP contribution in [0.1, 0.15) is 25.7 Å². The maximum Gasteiger partial charge on any atom is 0.260 e. The molecule has 1 aliphatic carbocycles. The minimum atomic E-state index is -2.61. The van der Waals surface area contributed by atoms with Crippen molar-refractivity contribution in [3.05, 3.63) is 0 Å². The predicted octanol–water partition coefficient (Wildman–Crippen LogP) is 1.77. The van der Waals surface area contributed by atoms with Gasteiger partial charge < -0.3 is 5.73 Å². The summed E-state index contributed by atoms with van der Waals surface area (Å²) in [5.74, 6) is -2.03. The van der Waals surface area contributed by atoms with E-state index in [-0.39, 0.29) is 6.42 Å². The van der Waals surface area contributed by atoms with Gasteiger partial charge in [0, 0.05) is 6.42 Å². The first-order chi connectivity index (χ1) is 4.64. The Kier molecular flexibility index (Phi) is 2.24. The molecule has 0 aliphatic heterocycles. The molecule has 1 saturated carbocycles. The van der Waals surface area contributed by atoms with Crippen molar-refractivity contribution in [2.75, 3.05) is 6.54 Å². The zero-order valence-corrected chi connectivity index (χ0v) is 5.95. The second-order valence-electron chi connectivity index (χ2n) is 3.04. The van der Waals surface area contributed by atoms with Crippen molar-refractivity contribution in [2.24, 2.45) is 11.7 Å². The first kappa shape index (κ1) is 7.92. The molecule has 0 amide bonds. The van der Waals surface area contributed by atoms with Gasteiger partial charge in [-0.05, 0) is 12.3 Å². The number of rotatable bonds is 4. The Hall–Kier alpha value is -0.180. The Morgan fingerprint density at radius 3 is 2.40 bits per heavy atom. The van der Waals surface area contributed by atoms with E-state index < -0.39 is 12.5 Å². The molecule has 0 aromatic heterocycles. The highest BCUT2D eigenvalue weighted by Gasteiger charge is 2.30. The molecule has 1 nitrogen and oxygen atoms in total. The van der Waals surface area contributed by atoms with Gasteiger partial charge in [-0.15, -0.1) is 0 Å². The van der Waals surface area contributed by atoms with Crippen LogP contribution >= 0.6 is 0 Å². The Balaban J connectivity index is 2.09. The van der Waals surface area contributed by atoms with Gasteiger partial charge in [-0.25, -0.2) is 8.78 Å². The van der Waals surface area contributed by atoms with E-state index in [1.54, 1.807) is 0 Å². The normalized spacial score (nSPS) is 19.5. The van der Waals surface area contributed by atoms with Gasteiger partial charge in [-0.2, -0.15) is 0 Å². The fourth-order valence-electron chi connectivity index (χ4n) is 0.924. The standard InChI is InChI=1S/C7H13F2N/c8-7(9,5-10)4-3-6-1-2-6/h6H,1-5,10H2. The minimum Gasteiger partial charge on any atom is -0.325 e. The fourth-order valence-corrected chi connectivity index (χ4v) is 0.924. The van der Waals surface area contributed by atoms with Crippen molar-refractivity contribution in [2.45, 2.75) is 31.6 Å². The SMILES string of the molecule is NCC(F)(F)CCC1CC1. The second kappa shape index (κ2) is 2.82. The zero-order chi connectivity index (χ0) is 7.61. The molecule has 0 aromatic rings. The van der Waals surface area contributed by atoms with Crippen LogP contribution in [0.5, 0.6) is 0 Å². The number of halogens is 2. The summed E-state index contributed by atoms with van der Waals surface area (Å²) in [5.41, 5.74) is 4.86. The van der Waals surface area contributed by atoms with E-state index >= 15 is 0 Å². The summed E-state index contributed by atoms with van der Waals surface area (Å²) < 4.78 is 24.8. The van der Waals surface area contributed by atoms with Crippen LogP contribution in [0, 0.1) is 5.92 Å². The van der Waals surface area contributed by atoms with Crippen molar-refractivity contribution in [1.29, 1.82) is 0 Å². The molecule has 3 heteroatoms. The third-order valence-electron chi connectivity index (χ3n) is 1.91. The molecule has 0 atom stereocenters. The average Bonchev–Trinajstić information content (AvgIpc) is 2.66. The highest BCUT2D eigenvalue weighted by atomic mass is 19.3. The molecule has 60 valence electrons. The number of alkyl halides is 2. The zero-order valence-electron chi connectivity index (χ0n) is 5.95. The van der Waals surface area contributed by atoms with Crippen LogP contribution in [0.25, 0.3) is 0 Å². The van der Waals surface area contributed by atoms with Crippen molar-refractivity contribution in [3.63, 3.8) is 0 Å². The first-order valence-electron chi connectivity index (χ1n) is 3.72. The summed E-state index contributed by atoms with van der Waals surface area (Å²) in [4.78, 5) is 0. The molecule has 2 N–H and O–H groups in total. The monoisotopic (exact) mass is 149 g/mol. The first-order valence-corrected chi connectivity index (χ1v) is 3.72. The highest BCUT2D eigenvalue weighted by molar-refractivity contribution is 4.77. The Morgan fingerprint density at radius 1 is 1.40 bits per heavy atom. The smallest absolute Gasteiger partial charge is 0.260 e. The summed E-state index contributed by atoms with van der Waals surface area (Å²) >= 11 is 0. The van der Waals surface area contributed by atoms with E-state index in [4.69, 9.17) is 5.73 Å². The lowest BCUT2D eigenvalue weighted by atomic mass is 10.1. The Bertz CT molecular complexity index is 110. The van der Waals surface area contributed by atoms with Crippen LogP contribution in [0.15, 0.2) is 0 Å². The quantitative estimate of drug-likeness (QED) is 0.647. The lowest BCUT2D eigenvalue weighted by molar-refractivity contribution is -0.00113. The third kappa shape index (κ3) is 2.60. The fraction of sp³-hybridized carbons (Fsp3) is 1.00. The van der Waals surface area contributed by atoms with E-state index in [2.05, 4.69) is 0 Å². The summed E-state index contributed by atoms with van der Waals surface area (Å²) in [6, 6.07) is 0. The van der Waals surface area contributed by atoms with Gasteiger partial charge in [0.15, 0.2) is 0 Å². The van der Waals surface area contributed by atoms with Gasteiger partial charge in [0.1, 0.15) is 0 Å². The van der Waals surface area contributed by atoms with Crippen LogP contribution in [0.3, 0.4) is 0 Å². The van der Waals surface area contributed by atoms with Crippen LogP contribution < -0.4 is 5.73 Å². The van der Waals surface area contributed by atoms with Gasteiger partial charge in [-0.3, -0.25) is 0 Å². The maximum atomic E-state index is 12.4. The van der Waals surface area contributed by atoms with E-state index in [0.29, 0.717) is 12.3 Å². The van der Waals surface area contributed by atoms with Crippen LogP contribution in [-0.2, 0) is 0 Å². The number of nitrogens with two attached hydrogens (primary N) is 1. The average molecular weight is 149 g/mol. The molecule has 10 heavy (non-hydrogen) atoms. The van der Waals surface area contributed by atoms with Crippen LogP contribution in [0.2, 0.25) is 0 Å². The van der Waals surface area contributed by atoms with Crippen molar-refractivity contribution < 1.29 is 8.78 Å². The van der Waals surface area contributed by atoms with Crippen LogP contribution in [0.4, 0.5) is 8.78 Å². The second-order valence-corrected chi connectivity index (χ2v) is 3.04. The maximum absolute atomic E-state index is 12.4.